The monoisotopic (exact) mass is 261 g/mol. The number of carbonyl (C=O) groups excluding carboxylic acids is 2. The molecule has 16 heavy (non-hydrogen) atoms. The van der Waals surface area contributed by atoms with E-state index in [2.05, 4.69) is 0 Å². The summed E-state index contributed by atoms with van der Waals surface area (Å²) in [6.07, 6.45) is 0.245. The zero-order chi connectivity index (χ0) is 12.3. The highest BCUT2D eigenvalue weighted by Gasteiger charge is 2.31. The van der Waals surface area contributed by atoms with Crippen LogP contribution in [0.4, 0.5) is 0 Å². The first-order valence-corrected chi connectivity index (χ1v) is 5.40. The van der Waals surface area contributed by atoms with Gasteiger partial charge in [0.2, 0.25) is 0 Å². The number of ketones is 1. The SMILES string of the molecule is NC(C(=O)O)C(C=O)C(=O)c1ccc(Cl)s1. The van der Waals surface area contributed by atoms with E-state index in [1.165, 1.54) is 12.1 Å². The zero-order valence-corrected chi connectivity index (χ0v) is 9.49. The fourth-order valence-corrected chi connectivity index (χ4v) is 2.11. The average Bonchev–Trinajstić information content (AvgIpc) is 2.65. The molecule has 5 nitrogen and oxygen atoms in total. The van der Waals surface area contributed by atoms with Crippen molar-refractivity contribution in [2.45, 2.75) is 6.04 Å². The molecule has 1 aromatic rings. The summed E-state index contributed by atoms with van der Waals surface area (Å²) in [5, 5.41) is 8.63. The van der Waals surface area contributed by atoms with Crippen LogP contribution in [0.1, 0.15) is 9.67 Å². The van der Waals surface area contributed by atoms with E-state index in [-0.39, 0.29) is 11.2 Å². The number of halogens is 1. The van der Waals surface area contributed by atoms with E-state index >= 15 is 0 Å². The Morgan fingerprint density at radius 3 is 2.50 bits per heavy atom. The van der Waals surface area contributed by atoms with E-state index in [0.717, 1.165) is 11.3 Å². The summed E-state index contributed by atoms with van der Waals surface area (Å²) in [4.78, 5) is 33.2. The van der Waals surface area contributed by atoms with Crippen LogP contribution in [-0.4, -0.2) is 29.2 Å². The van der Waals surface area contributed by atoms with Crippen molar-refractivity contribution in [3.05, 3.63) is 21.3 Å². The molecule has 2 atom stereocenters. The number of hydrogen-bond donors (Lipinski definition) is 2. The molecule has 0 aliphatic carbocycles. The van der Waals surface area contributed by atoms with Crippen LogP contribution in [0.2, 0.25) is 4.34 Å². The summed E-state index contributed by atoms with van der Waals surface area (Å²) in [5.41, 5.74) is 5.24. The van der Waals surface area contributed by atoms with E-state index in [1.54, 1.807) is 0 Å². The first-order valence-electron chi connectivity index (χ1n) is 4.20. The standard InChI is InChI=1S/C9H8ClNO4S/c10-6-2-1-5(16-6)8(13)4(3-12)7(11)9(14)15/h1-4,7H,11H2,(H,14,15). The van der Waals surface area contributed by atoms with E-state index in [1.807, 2.05) is 0 Å². The van der Waals surface area contributed by atoms with Gasteiger partial charge in [-0.25, -0.2) is 0 Å². The molecule has 0 aliphatic heterocycles. The highest BCUT2D eigenvalue weighted by atomic mass is 35.5. The molecule has 1 rings (SSSR count). The molecule has 0 bridgehead atoms. The Morgan fingerprint density at radius 2 is 2.12 bits per heavy atom. The number of carbonyl (C=O) groups is 3. The quantitative estimate of drug-likeness (QED) is 0.464. The van der Waals surface area contributed by atoms with Crippen molar-refractivity contribution < 1.29 is 19.5 Å². The van der Waals surface area contributed by atoms with Crippen molar-refractivity contribution >= 4 is 41.0 Å². The van der Waals surface area contributed by atoms with Gasteiger partial charge < -0.3 is 15.6 Å². The average molecular weight is 262 g/mol. The van der Waals surface area contributed by atoms with Gasteiger partial charge in [0, 0.05) is 0 Å². The molecule has 1 heterocycles. The lowest BCUT2D eigenvalue weighted by Gasteiger charge is -2.11. The van der Waals surface area contributed by atoms with Crippen molar-refractivity contribution in [3.8, 4) is 0 Å². The summed E-state index contributed by atoms with van der Waals surface area (Å²) in [6.45, 7) is 0. The number of thiophene rings is 1. The van der Waals surface area contributed by atoms with Crippen LogP contribution in [0.5, 0.6) is 0 Å². The van der Waals surface area contributed by atoms with Crippen LogP contribution in [0.25, 0.3) is 0 Å². The Hall–Kier alpha value is -1.24. The Kier molecular flexibility index (Phi) is 4.17. The minimum Gasteiger partial charge on any atom is -0.480 e. The number of carboxylic acid groups (broad SMARTS) is 1. The topological polar surface area (TPSA) is 97.5 Å². The molecule has 0 saturated heterocycles. The Bertz CT molecular complexity index is 431. The number of aliphatic carboxylic acids is 1. The van der Waals surface area contributed by atoms with Gasteiger partial charge in [-0.05, 0) is 12.1 Å². The number of hydrogen-bond acceptors (Lipinski definition) is 5. The number of Topliss-reactive ketones (excluding diaryl/α,β-unsaturated/α-hetero) is 1. The smallest absolute Gasteiger partial charge is 0.321 e. The molecule has 7 heteroatoms. The highest BCUT2D eigenvalue weighted by Crippen LogP contribution is 2.24. The van der Waals surface area contributed by atoms with Crippen LogP contribution < -0.4 is 5.73 Å². The maximum absolute atomic E-state index is 11.7. The van der Waals surface area contributed by atoms with Gasteiger partial charge in [-0.1, -0.05) is 11.6 Å². The normalized spacial score (nSPS) is 14.1. The van der Waals surface area contributed by atoms with Crippen molar-refractivity contribution in [3.63, 3.8) is 0 Å². The van der Waals surface area contributed by atoms with Crippen LogP contribution >= 0.6 is 22.9 Å². The van der Waals surface area contributed by atoms with E-state index in [9.17, 15) is 14.4 Å². The second kappa shape index (κ2) is 5.20. The predicted molar refractivity (Wildman–Crippen MR) is 58.8 cm³/mol. The van der Waals surface area contributed by atoms with Gasteiger partial charge in [0.1, 0.15) is 18.2 Å². The summed E-state index contributed by atoms with van der Waals surface area (Å²) in [5.74, 6) is -3.40. The Balaban J connectivity index is 2.94. The third-order valence-corrected chi connectivity index (χ3v) is 3.18. The largest absolute Gasteiger partial charge is 0.480 e. The molecular formula is C9H8ClNO4S. The van der Waals surface area contributed by atoms with Gasteiger partial charge in [-0.15, -0.1) is 11.3 Å². The van der Waals surface area contributed by atoms with E-state index in [0.29, 0.717) is 4.34 Å². The van der Waals surface area contributed by atoms with Gasteiger partial charge in [0.05, 0.1) is 9.21 Å². The maximum Gasteiger partial charge on any atom is 0.321 e. The molecule has 0 spiro atoms. The van der Waals surface area contributed by atoms with Crippen LogP contribution in [0, 0.1) is 5.92 Å². The number of carboxylic acids is 1. The minimum absolute atomic E-state index is 0.221. The molecule has 2 unspecified atom stereocenters. The molecule has 1 aromatic heterocycles. The number of rotatable bonds is 5. The lowest BCUT2D eigenvalue weighted by Crippen LogP contribution is -2.42. The van der Waals surface area contributed by atoms with Crippen molar-refractivity contribution in [2.75, 3.05) is 0 Å². The Labute approximate surface area is 99.8 Å². The minimum atomic E-state index is -1.54. The van der Waals surface area contributed by atoms with Crippen molar-refractivity contribution in [1.29, 1.82) is 0 Å². The number of aldehydes is 1. The molecule has 0 aliphatic rings. The molecule has 0 aromatic carbocycles. The van der Waals surface area contributed by atoms with Crippen LogP contribution in [-0.2, 0) is 9.59 Å². The summed E-state index contributed by atoms with van der Waals surface area (Å²) >= 11 is 6.60. The third kappa shape index (κ3) is 2.66. The summed E-state index contributed by atoms with van der Waals surface area (Å²) in [7, 11) is 0. The lowest BCUT2D eigenvalue weighted by molar-refractivity contribution is -0.140. The Morgan fingerprint density at radius 1 is 1.50 bits per heavy atom. The lowest BCUT2D eigenvalue weighted by atomic mass is 9.96. The van der Waals surface area contributed by atoms with E-state index in [4.69, 9.17) is 22.4 Å². The van der Waals surface area contributed by atoms with Crippen LogP contribution in [0.3, 0.4) is 0 Å². The fourth-order valence-electron chi connectivity index (χ4n) is 1.07. The summed E-state index contributed by atoms with van der Waals surface area (Å²) < 4.78 is 0.386. The maximum atomic E-state index is 11.7. The van der Waals surface area contributed by atoms with Crippen molar-refractivity contribution in [1.82, 2.24) is 0 Å². The summed E-state index contributed by atoms with van der Waals surface area (Å²) in [6, 6.07) is 1.39. The molecule has 0 saturated carbocycles. The first-order chi connectivity index (χ1) is 7.47. The second-order valence-electron chi connectivity index (χ2n) is 2.99. The zero-order valence-electron chi connectivity index (χ0n) is 7.92. The molecular weight excluding hydrogens is 254 g/mol. The van der Waals surface area contributed by atoms with Gasteiger partial charge >= 0.3 is 5.97 Å². The molecule has 0 radical (unpaired) electrons. The van der Waals surface area contributed by atoms with Crippen LogP contribution in [0.15, 0.2) is 12.1 Å². The van der Waals surface area contributed by atoms with Gasteiger partial charge in [-0.3, -0.25) is 9.59 Å². The fraction of sp³-hybridized carbons (Fsp3) is 0.222. The second-order valence-corrected chi connectivity index (χ2v) is 4.71. The van der Waals surface area contributed by atoms with E-state index < -0.39 is 23.7 Å². The molecule has 86 valence electrons. The first kappa shape index (κ1) is 12.8. The third-order valence-electron chi connectivity index (χ3n) is 1.94. The molecule has 0 fully saturated rings. The highest BCUT2D eigenvalue weighted by molar-refractivity contribution is 7.18. The van der Waals surface area contributed by atoms with Gasteiger partial charge in [0.15, 0.2) is 5.78 Å². The van der Waals surface area contributed by atoms with Gasteiger partial charge in [-0.2, -0.15) is 0 Å². The predicted octanol–water partition coefficient (Wildman–Crippen LogP) is 0.811. The molecule has 3 N–H and O–H groups in total. The number of nitrogens with two attached hydrogens (primary N) is 1. The molecule has 0 amide bonds. The van der Waals surface area contributed by atoms with Gasteiger partial charge in [0.25, 0.3) is 0 Å². The van der Waals surface area contributed by atoms with Crippen molar-refractivity contribution in [2.24, 2.45) is 11.7 Å².